The molecule has 1 N–H and O–H groups in total. The lowest BCUT2D eigenvalue weighted by molar-refractivity contribution is 0.274. The van der Waals surface area contributed by atoms with Gasteiger partial charge in [-0.1, -0.05) is 0 Å². The molecule has 0 aromatic carbocycles. The van der Waals surface area contributed by atoms with Crippen LogP contribution in [-0.2, 0) is 4.74 Å². The van der Waals surface area contributed by atoms with Crippen molar-refractivity contribution in [2.75, 3.05) is 13.2 Å². The Kier molecular flexibility index (Phi) is 1.65. The summed E-state index contributed by atoms with van der Waals surface area (Å²) in [6, 6.07) is 0. The van der Waals surface area contributed by atoms with E-state index in [1.807, 2.05) is 0 Å². The second kappa shape index (κ2) is 2.28. The molecule has 42 valence electrons. The Balaban J connectivity index is 1.80. The Hall–Kier alpha value is -0.0800. The molecule has 0 spiro atoms. The van der Waals surface area contributed by atoms with Crippen LogP contribution in [0, 0.1) is 0 Å². The van der Waals surface area contributed by atoms with Crippen molar-refractivity contribution < 1.29 is 9.84 Å². The molecule has 1 fully saturated rings. The van der Waals surface area contributed by atoms with Crippen molar-refractivity contribution in [2.45, 2.75) is 18.9 Å². The molecule has 0 saturated carbocycles. The van der Waals surface area contributed by atoms with Gasteiger partial charge in [0.25, 0.3) is 0 Å². The summed E-state index contributed by atoms with van der Waals surface area (Å²) in [5.74, 6) is 0. The molecular weight excluding hydrogens is 92.1 g/mol. The highest BCUT2D eigenvalue weighted by Gasteiger charge is 2.20. The molecule has 0 aromatic rings. The van der Waals surface area contributed by atoms with E-state index in [9.17, 15) is 0 Å². The first-order valence-electron chi connectivity index (χ1n) is 2.66. The van der Waals surface area contributed by atoms with Gasteiger partial charge in [0, 0.05) is 6.61 Å². The van der Waals surface area contributed by atoms with E-state index in [1.54, 1.807) is 0 Å². The Morgan fingerprint density at radius 3 is 2.86 bits per heavy atom. The predicted octanol–water partition coefficient (Wildman–Crippen LogP) is 0.158. The maximum atomic E-state index is 8.29. The molecule has 2 nitrogen and oxygen atoms in total. The van der Waals surface area contributed by atoms with Crippen LogP contribution in [0.3, 0.4) is 0 Å². The monoisotopic (exact) mass is 102 g/mol. The van der Waals surface area contributed by atoms with Crippen molar-refractivity contribution in [3.63, 3.8) is 0 Å². The predicted molar refractivity (Wildman–Crippen MR) is 26.1 cm³/mol. The zero-order chi connectivity index (χ0) is 5.11. The summed E-state index contributed by atoms with van der Waals surface area (Å²) in [5, 5.41) is 8.29. The molecule has 0 bridgehead atoms. The van der Waals surface area contributed by atoms with Crippen LogP contribution in [0.5, 0.6) is 0 Å². The number of aliphatic hydroxyl groups excluding tert-OH is 1. The third-order valence-electron chi connectivity index (χ3n) is 1.09. The number of hydrogen-bond acceptors (Lipinski definition) is 2. The van der Waals surface area contributed by atoms with Crippen LogP contribution in [0.4, 0.5) is 0 Å². The molecule has 1 aliphatic heterocycles. The van der Waals surface area contributed by atoms with Gasteiger partial charge in [0.2, 0.25) is 0 Å². The van der Waals surface area contributed by atoms with Crippen molar-refractivity contribution in [1.29, 1.82) is 0 Å². The normalized spacial score (nSPS) is 27.9. The molecule has 2 heteroatoms. The minimum Gasteiger partial charge on any atom is -0.396 e. The highest BCUT2D eigenvalue weighted by atomic mass is 16.6. The van der Waals surface area contributed by atoms with Gasteiger partial charge in [-0.15, -0.1) is 0 Å². The van der Waals surface area contributed by atoms with E-state index in [0.717, 1.165) is 19.4 Å². The number of ether oxygens (including phenoxy) is 1. The lowest BCUT2D eigenvalue weighted by Crippen LogP contribution is -1.87. The molecule has 0 radical (unpaired) electrons. The summed E-state index contributed by atoms with van der Waals surface area (Å²) in [6.45, 7) is 1.22. The van der Waals surface area contributed by atoms with E-state index in [4.69, 9.17) is 9.84 Å². The lowest BCUT2D eigenvalue weighted by Gasteiger charge is -1.86. The summed E-state index contributed by atoms with van der Waals surface area (Å²) in [7, 11) is 0. The highest BCUT2D eigenvalue weighted by molar-refractivity contribution is 4.67. The van der Waals surface area contributed by atoms with Gasteiger partial charge in [-0.2, -0.15) is 0 Å². The molecule has 0 aliphatic carbocycles. The summed E-state index contributed by atoms with van der Waals surface area (Å²) < 4.78 is 4.90. The quantitative estimate of drug-likeness (QED) is 0.515. The molecule has 0 aromatic heterocycles. The number of rotatable bonds is 3. The van der Waals surface area contributed by atoms with Gasteiger partial charge in [0.1, 0.15) is 0 Å². The maximum Gasteiger partial charge on any atom is 0.0810 e. The van der Waals surface area contributed by atoms with E-state index in [0.29, 0.717) is 12.7 Å². The van der Waals surface area contributed by atoms with E-state index >= 15 is 0 Å². The number of hydrogen-bond donors (Lipinski definition) is 1. The summed E-state index contributed by atoms with van der Waals surface area (Å²) >= 11 is 0. The Labute approximate surface area is 43.1 Å². The fourth-order valence-electron chi connectivity index (χ4n) is 0.554. The molecular formula is C5H10O2. The summed E-state index contributed by atoms with van der Waals surface area (Å²) in [5.41, 5.74) is 0. The van der Waals surface area contributed by atoms with Crippen LogP contribution in [0.1, 0.15) is 12.8 Å². The first-order chi connectivity index (χ1) is 3.43. The molecule has 1 aliphatic rings. The van der Waals surface area contributed by atoms with Crippen LogP contribution in [-0.4, -0.2) is 24.4 Å². The van der Waals surface area contributed by atoms with Crippen molar-refractivity contribution in [1.82, 2.24) is 0 Å². The Bertz CT molecular complexity index is 50.0. The fourth-order valence-corrected chi connectivity index (χ4v) is 0.554. The topological polar surface area (TPSA) is 32.8 Å². The average molecular weight is 102 g/mol. The second-order valence-electron chi connectivity index (χ2n) is 1.82. The van der Waals surface area contributed by atoms with Gasteiger partial charge < -0.3 is 9.84 Å². The molecule has 1 atom stereocenters. The van der Waals surface area contributed by atoms with Crippen molar-refractivity contribution in [2.24, 2.45) is 0 Å². The van der Waals surface area contributed by atoms with Gasteiger partial charge in [0.15, 0.2) is 0 Å². The largest absolute Gasteiger partial charge is 0.396 e. The van der Waals surface area contributed by atoms with Crippen LogP contribution >= 0.6 is 0 Å². The van der Waals surface area contributed by atoms with Crippen LogP contribution in [0.25, 0.3) is 0 Å². The summed E-state index contributed by atoms with van der Waals surface area (Å²) in [4.78, 5) is 0. The molecule has 0 amide bonds. The van der Waals surface area contributed by atoms with Crippen molar-refractivity contribution in [3.05, 3.63) is 0 Å². The van der Waals surface area contributed by atoms with Gasteiger partial charge in [-0.25, -0.2) is 0 Å². The molecule has 1 saturated heterocycles. The third-order valence-corrected chi connectivity index (χ3v) is 1.09. The van der Waals surface area contributed by atoms with E-state index in [2.05, 4.69) is 0 Å². The zero-order valence-electron chi connectivity index (χ0n) is 4.26. The highest BCUT2D eigenvalue weighted by Crippen LogP contribution is 2.14. The smallest absolute Gasteiger partial charge is 0.0810 e. The van der Waals surface area contributed by atoms with Crippen molar-refractivity contribution >= 4 is 0 Å². The van der Waals surface area contributed by atoms with Gasteiger partial charge >= 0.3 is 0 Å². The van der Waals surface area contributed by atoms with Gasteiger partial charge in [0.05, 0.1) is 12.7 Å². The molecule has 0 unspecified atom stereocenters. The number of epoxide rings is 1. The summed E-state index contributed by atoms with van der Waals surface area (Å²) in [6.07, 6.45) is 2.42. The minimum atomic E-state index is 0.305. The maximum absolute atomic E-state index is 8.29. The number of aliphatic hydroxyl groups is 1. The zero-order valence-corrected chi connectivity index (χ0v) is 4.26. The van der Waals surface area contributed by atoms with E-state index < -0.39 is 0 Å². The lowest BCUT2D eigenvalue weighted by atomic mass is 10.3. The second-order valence-corrected chi connectivity index (χ2v) is 1.82. The molecule has 7 heavy (non-hydrogen) atoms. The van der Waals surface area contributed by atoms with Gasteiger partial charge in [-0.05, 0) is 12.8 Å². The SMILES string of the molecule is OCCC[C@@H]1CO1. The Morgan fingerprint density at radius 2 is 2.43 bits per heavy atom. The minimum absolute atomic E-state index is 0.305. The third kappa shape index (κ3) is 1.90. The van der Waals surface area contributed by atoms with E-state index in [1.165, 1.54) is 0 Å². The van der Waals surface area contributed by atoms with Crippen molar-refractivity contribution in [3.8, 4) is 0 Å². The molecule has 1 heterocycles. The van der Waals surface area contributed by atoms with Crippen LogP contribution < -0.4 is 0 Å². The van der Waals surface area contributed by atoms with Gasteiger partial charge in [-0.3, -0.25) is 0 Å². The Morgan fingerprint density at radius 1 is 1.71 bits per heavy atom. The standard InChI is InChI=1S/C5H10O2/c6-3-1-2-5-4-7-5/h5-6H,1-4H2/t5-/m1/s1. The van der Waals surface area contributed by atoms with E-state index in [-0.39, 0.29) is 0 Å². The fraction of sp³-hybridized carbons (Fsp3) is 1.00. The first-order valence-corrected chi connectivity index (χ1v) is 2.66. The average Bonchev–Trinajstić information content (AvgIpc) is 2.42. The van der Waals surface area contributed by atoms with Crippen LogP contribution in [0.2, 0.25) is 0 Å². The first kappa shape index (κ1) is 5.06. The van der Waals surface area contributed by atoms with Crippen LogP contribution in [0.15, 0.2) is 0 Å². The molecule has 1 rings (SSSR count).